The Morgan fingerprint density at radius 3 is 2.29 bits per heavy atom. The minimum absolute atomic E-state index is 0.0769. The van der Waals surface area contributed by atoms with E-state index >= 15 is 0 Å². The van der Waals surface area contributed by atoms with Gasteiger partial charge in [-0.15, -0.1) is 0 Å². The summed E-state index contributed by atoms with van der Waals surface area (Å²) in [5, 5.41) is 0. The molecule has 0 saturated heterocycles. The van der Waals surface area contributed by atoms with Crippen LogP contribution >= 0.6 is 0 Å². The van der Waals surface area contributed by atoms with Gasteiger partial charge in [0.15, 0.2) is 0 Å². The van der Waals surface area contributed by atoms with Gasteiger partial charge < -0.3 is 14.5 Å². The number of carbonyl (C=O) groups excluding carboxylic acids is 2. The Balaban J connectivity index is 2.68. The van der Waals surface area contributed by atoms with Crippen LogP contribution in [0.4, 0.5) is 0 Å². The molecule has 0 fully saturated rings. The van der Waals surface area contributed by atoms with Crippen molar-refractivity contribution in [3.8, 4) is 0 Å². The fraction of sp³-hybridized carbons (Fsp3) is 0.647. The van der Waals surface area contributed by atoms with Crippen LogP contribution in [0.5, 0.6) is 0 Å². The standard InChI is InChI=1S/C17H28N4O3/c1-4-9-20(10-5-2)16(22)6-11-21(12-13-24-3)17(23)15-14-18-7-8-19-15/h7-8,14H,4-6,9-13H2,1-3H3. The van der Waals surface area contributed by atoms with E-state index in [2.05, 4.69) is 23.8 Å². The fourth-order valence-electron chi connectivity index (χ4n) is 2.38. The van der Waals surface area contributed by atoms with Gasteiger partial charge in [0, 0.05) is 52.1 Å². The van der Waals surface area contributed by atoms with E-state index in [0.29, 0.717) is 26.1 Å². The highest BCUT2D eigenvalue weighted by Crippen LogP contribution is 2.05. The van der Waals surface area contributed by atoms with Crippen molar-refractivity contribution in [2.45, 2.75) is 33.1 Å². The largest absolute Gasteiger partial charge is 0.383 e. The number of carbonyl (C=O) groups is 2. The summed E-state index contributed by atoms with van der Waals surface area (Å²) in [6.07, 6.45) is 6.60. The van der Waals surface area contributed by atoms with Crippen LogP contribution in [0, 0.1) is 0 Å². The van der Waals surface area contributed by atoms with Gasteiger partial charge in [0.2, 0.25) is 5.91 Å². The van der Waals surface area contributed by atoms with E-state index in [-0.39, 0.29) is 17.5 Å². The summed E-state index contributed by atoms with van der Waals surface area (Å²) >= 11 is 0. The van der Waals surface area contributed by atoms with Crippen LogP contribution in [0.25, 0.3) is 0 Å². The molecule has 0 N–H and O–H groups in total. The number of aromatic nitrogens is 2. The Morgan fingerprint density at radius 2 is 1.75 bits per heavy atom. The fourth-order valence-corrected chi connectivity index (χ4v) is 2.38. The summed E-state index contributed by atoms with van der Waals surface area (Å²) in [5.74, 6) is -0.154. The molecule has 0 aliphatic carbocycles. The smallest absolute Gasteiger partial charge is 0.274 e. The third kappa shape index (κ3) is 6.62. The molecule has 7 heteroatoms. The molecule has 0 radical (unpaired) electrons. The molecule has 1 rings (SSSR count). The molecule has 0 aliphatic rings. The van der Waals surface area contributed by atoms with Crippen molar-refractivity contribution in [2.24, 2.45) is 0 Å². The summed E-state index contributed by atoms with van der Waals surface area (Å²) in [5.41, 5.74) is 0.278. The van der Waals surface area contributed by atoms with Gasteiger partial charge in [0.05, 0.1) is 12.8 Å². The van der Waals surface area contributed by atoms with Crippen molar-refractivity contribution in [2.75, 3.05) is 39.9 Å². The quantitative estimate of drug-likeness (QED) is 0.613. The van der Waals surface area contributed by atoms with Gasteiger partial charge >= 0.3 is 0 Å². The zero-order valence-corrected chi connectivity index (χ0v) is 14.9. The predicted octanol–water partition coefficient (Wildman–Crippen LogP) is 1.60. The van der Waals surface area contributed by atoms with Crippen LogP contribution in [0.3, 0.4) is 0 Å². The molecule has 1 aromatic rings. The molecule has 24 heavy (non-hydrogen) atoms. The highest BCUT2D eigenvalue weighted by molar-refractivity contribution is 5.92. The van der Waals surface area contributed by atoms with Crippen LogP contribution in [-0.2, 0) is 9.53 Å². The maximum Gasteiger partial charge on any atom is 0.274 e. The van der Waals surface area contributed by atoms with E-state index in [1.54, 1.807) is 12.0 Å². The number of amides is 2. The molecule has 1 aromatic heterocycles. The van der Waals surface area contributed by atoms with Crippen molar-refractivity contribution >= 4 is 11.8 Å². The van der Waals surface area contributed by atoms with Crippen LogP contribution in [0.1, 0.15) is 43.6 Å². The van der Waals surface area contributed by atoms with Crippen molar-refractivity contribution in [3.63, 3.8) is 0 Å². The minimum Gasteiger partial charge on any atom is -0.383 e. The summed E-state index contributed by atoms with van der Waals surface area (Å²) in [6, 6.07) is 0. The molecule has 134 valence electrons. The number of rotatable bonds is 11. The molecule has 0 aromatic carbocycles. The Hall–Kier alpha value is -2.02. The van der Waals surface area contributed by atoms with Crippen molar-refractivity contribution in [1.82, 2.24) is 19.8 Å². The Bertz CT molecular complexity index is 490. The monoisotopic (exact) mass is 336 g/mol. The highest BCUT2D eigenvalue weighted by Gasteiger charge is 2.19. The Kier molecular flexibility index (Phi) is 9.60. The lowest BCUT2D eigenvalue weighted by Gasteiger charge is -2.25. The number of ether oxygens (including phenoxy) is 1. The third-order valence-electron chi connectivity index (χ3n) is 3.57. The molecule has 1 heterocycles. The zero-order chi connectivity index (χ0) is 17.8. The molecule has 0 unspecified atom stereocenters. The topological polar surface area (TPSA) is 75.6 Å². The molecular weight excluding hydrogens is 308 g/mol. The summed E-state index contributed by atoms with van der Waals surface area (Å²) in [7, 11) is 1.58. The molecule has 0 spiro atoms. The second-order valence-corrected chi connectivity index (χ2v) is 5.51. The predicted molar refractivity (Wildman–Crippen MR) is 91.6 cm³/mol. The Morgan fingerprint density at radius 1 is 1.04 bits per heavy atom. The number of hydrogen-bond donors (Lipinski definition) is 0. The first kappa shape index (κ1) is 20.0. The normalized spacial score (nSPS) is 10.5. The van der Waals surface area contributed by atoms with Gasteiger partial charge in [-0.2, -0.15) is 0 Å². The molecular formula is C17H28N4O3. The van der Waals surface area contributed by atoms with Crippen molar-refractivity contribution < 1.29 is 14.3 Å². The zero-order valence-electron chi connectivity index (χ0n) is 14.9. The molecule has 0 bridgehead atoms. The molecule has 0 saturated carbocycles. The SMILES string of the molecule is CCCN(CCC)C(=O)CCN(CCOC)C(=O)c1cnccn1. The van der Waals surface area contributed by atoms with Crippen LogP contribution in [0.15, 0.2) is 18.6 Å². The van der Waals surface area contributed by atoms with Crippen LogP contribution in [0.2, 0.25) is 0 Å². The maximum absolute atomic E-state index is 12.5. The summed E-state index contributed by atoms with van der Waals surface area (Å²) in [6.45, 7) is 6.79. The number of methoxy groups -OCH3 is 1. The first-order valence-corrected chi connectivity index (χ1v) is 8.46. The summed E-state index contributed by atoms with van der Waals surface area (Å²) < 4.78 is 5.06. The average Bonchev–Trinajstić information content (AvgIpc) is 2.61. The van der Waals surface area contributed by atoms with E-state index in [1.165, 1.54) is 18.6 Å². The van der Waals surface area contributed by atoms with Crippen molar-refractivity contribution in [3.05, 3.63) is 24.3 Å². The molecule has 7 nitrogen and oxygen atoms in total. The van der Waals surface area contributed by atoms with Gasteiger partial charge in [0.1, 0.15) is 5.69 Å². The van der Waals surface area contributed by atoms with Gasteiger partial charge in [-0.25, -0.2) is 4.98 Å². The highest BCUT2D eigenvalue weighted by atomic mass is 16.5. The molecule has 0 aliphatic heterocycles. The van der Waals surface area contributed by atoms with E-state index < -0.39 is 0 Å². The van der Waals surface area contributed by atoms with E-state index in [9.17, 15) is 9.59 Å². The molecule has 2 amide bonds. The third-order valence-corrected chi connectivity index (χ3v) is 3.57. The average molecular weight is 336 g/mol. The van der Waals surface area contributed by atoms with Crippen molar-refractivity contribution in [1.29, 1.82) is 0 Å². The van der Waals surface area contributed by atoms with Gasteiger partial charge in [-0.3, -0.25) is 14.6 Å². The number of nitrogens with zero attached hydrogens (tertiary/aromatic N) is 4. The Labute approximate surface area is 144 Å². The molecule has 0 atom stereocenters. The first-order chi connectivity index (χ1) is 11.6. The van der Waals surface area contributed by atoms with Gasteiger partial charge in [-0.05, 0) is 12.8 Å². The summed E-state index contributed by atoms with van der Waals surface area (Å²) in [4.78, 5) is 36.3. The lowest BCUT2D eigenvalue weighted by Crippen LogP contribution is -2.39. The van der Waals surface area contributed by atoms with E-state index in [1.807, 2.05) is 4.90 Å². The van der Waals surface area contributed by atoms with Crippen LogP contribution in [-0.4, -0.2) is 71.5 Å². The van der Waals surface area contributed by atoms with E-state index in [4.69, 9.17) is 4.74 Å². The second kappa shape index (κ2) is 11.5. The number of hydrogen-bond acceptors (Lipinski definition) is 5. The second-order valence-electron chi connectivity index (χ2n) is 5.51. The van der Waals surface area contributed by atoms with Crippen LogP contribution < -0.4 is 0 Å². The first-order valence-electron chi connectivity index (χ1n) is 8.46. The minimum atomic E-state index is -0.231. The van der Waals surface area contributed by atoms with Gasteiger partial charge in [-0.1, -0.05) is 13.8 Å². The maximum atomic E-state index is 12.5. The lowest BCUT2D eigenvalue weighted by atomic mass is 10.2. The van der Waals surface area contributed by atoms with E-state index in [0.717, 1.165) is 25.9 Å². The lowest BCUT2D eigenvalue weighted by molar-refractivity contribution is -0.131. The van der Waals surface area contributed by atoms with Gasteiger partial charge in [0.25, 0.3) is 5.91 Å².